The van der Waals surface area contributed by atoms with E-state index in [9.17, 15) is 4.79 Å². The van der Waals surface area contributed by atoms with Crippen molar-refractivity contribution in [3.05, 3.63) is 29.6 Å². The van der Waals surface area contributed by atoms with Gasteiger partial charge in [-0.2, -0.15) is 0 Å². The Morgan fingerprint density at radius 3 is 2.50 bits per heavy atom. The van der Waals surface area contributed by atoms with Gasteiger partial charge in [-0.3, -0.25) is 4.79 Å². The lowest BCUT2D eigenvalue weighted by molar-refractivity contribution is 0.0995. The molecule has 1 aromatic carbocycles. The number of rotatable bonds is 4. The molecule has 0 spiro atoms. The molecular weight excluding hydrogens is 282 g/mol. The Morgan fingerprint density at radius 2 is 1.91 bits per heavy atom. The van der Waals surface area contributed by atoms with E-state index in [4.69, 9.17) is 15.2 Å². The summed E-state index contributed by atoms with van der Waals surface area (Å²) in [5.74, 6) is 0.756. The predicted octanol–water partition coefficient (Wildman–Crippen LogP) is 2.39. The first-order valence-corrected chi connectivity index (χ1v) is 6.95. The van der Waals surface area contributed by atoms with Crippen LogP contribution in [0, 0.1) is 0 Å². The second-order valence-corrected chi connectivity index (χ2v) is 4.97. The summed E-state index contributed by atoms with van der Waals surface area (Å²) in [4.78, 5) is 19.1. The van der Waals surface area contributed by atoms with Crippen molar-refractivity contribution in [2.75, 3.05) is 14.2 Å². The van der Waals surface area contributed by atoms with E-state index in [0.717, 1.165) is 27.4 Å². The number of aryl methyl sites for hydroxylation is 1. The number of nitrogens with zero attached hydrogens (tertiary/aromatic N) is 1. The van der Waals surface area contributed by atoms with E-state index in [-0.39, 0.29) is 0 Å². The van der Waals surface area contributed by atoms with Crippen LogP contribution in [0.3, 0.4) is 0 Å². The summed E-state index contributed by atoms with van der Waals surface area (Å²) in [6.45, 7) is 1.97. The summed E-state index contributed by atoms with van der Waals surface area (Å²) >= 11 is 0. The zero-order chi connectivity index (χ0) is 15.9. The topological polar surface area (TPSA) is 90.2 Å². The Labute approximate surface area is 127 Å². The van der Waals surface area contributed by atoms with Crippen LogP contribution in [0.1, 0.15) is 23.0 Å². The van der Waals surface area contributed by atoms with Crippen LogP contribution < -0.4 is 15.2 Å². The first-order valence-electron chi connectivity index (χ1n) is 6.95. The van der Waals surface area contributed by atoms with Crippen molar-refractivity contribution >= 4 is 27.7 Å². The van der Waals surface area contributed by atoms with Crippen LogP contribution in [-0.4, -0.2) is 30.1 Å². The number of fused-ring (bicyclic) bond motifs is 3. The van der Waals surface area contributed by atoms with E-state index in [1.165, 1.54) is 0 Å². The number of benzene rings is 1. The lowest BCUT2D eigenvalue weighted by atomic mass is 10.0. The molecule has 0 aliphatic carbocycles. The summed E-state index contributed by atoms with van der Waals surface area (Å²) in [6, 6.07) is 3.77. The number of pyridine rings is 1. The third kappa shape index (κ3) is 1.95. The minimum Gasteiger partial charge on any atom is -0.493 e. The SMILES string of the molecule is CCc1c(C(N)=O)ncc2[nH]c3cc(OC)c(OC)cc3c12. The summed E-state index contributed by atoms with van der Waals surface area (Å²) in [6.07, 6.45) is 2.29. The van der Waals surface area contributed by atoms with Crippen LogP contribution in [0.4, 0.5) is 0 Å². The summed E-state index contributed by atoms with van der Waals surface area (Å²) in [7, 11) is 3.19. The van der Waals surface area contributed by atoms with Gasteiger partial charge < -0.3 is 20.2 Å². The number of aromatic nitrogens is 2. The van der Waals surface area contributed by atoms with Crippen molar-refractivity contribution in [1.82, 2.24) is 9.97 Å². The van der Waals surface area contributed by atoms with Crippen molar-refractivity contribution < 1.29 is 14.3 Å². The molecule has 22 heavy (non-hydrogen) atoms. The molecule has 0 aliphatic rings. The van der Waals surface area contributed by atoms with Crippen LogP contribution in [0.2, 0.25) is 0 Å². The summed E-state index contributed by atoms with van der Waals surface area (Å²) < 4.78 is 10.7. The highest BCUT2D eigenvalue weighted by atomic mass is 16.5. The number of methoxy groups -OCH3 is 2. The molecular formula is C16H17N3O3. The normalized spacial score (nSPS) is 11.0. The number of nitrogens with one attached hydrogen (secondary N) is 1. The number of H-pyrrole nitrogens is 1. The van der Waals surface area contributed by atoms with E-state index in [2.05, 4.69) is 9.97 Å². The molecule has 3 N–H and O–H groups in total. The van der Waals surface area contributed by atoms with Crippen molar-refractivity contribution in [1.29, 1.82) is 0 Å². The van der Waals surface area contributed by atoms with Crippen molar-refractivity contribution in [2.24, 2.45) is 5.73 Å². The molecule has 0 unspecified atom stereocenters. The van der Waals surface area contributed by atoms with E-state index >= 15 is 0 Å². The molecule has 0 radical (unpaired) electrons. The van der Waals surface area contributed by atoms with Crippen LogP contribution in [-0.2, 0) is 6.42 Å². The molecule has 114 valence electrons. The minimum atomic E-state index is -0.520. The molecule has 6 nitrogen and oxygen atoms in total. The second-order valence-electron chi connectivity index (χ2n) is 4.97. The third-order valence-electron chi connectivity index (χ3n) is 3.83. The molecule has 1 amide bonds. The van der Waals surface area contributed by atoms with Crippen LogP contribution in [0.25, 0.3) is 21.8 Å². The van der Waals surface area contributed by atoms with Crippen molar-refractivity contribution in [2.45, 2.75) is 13.3 Å². The number of carbonyl (C=O) groups is 1. The van der Waals surface area contributed by atoms with E-state index < -0.39 is 5.91 Å². The number of carbonyl (C=O) groups excluding carboxylic acids is 1. The average Bonchev–Trinajstić information content (AvgIpc) is 2.89. The van der Waals surface area contributed by atoms with E-state index in [1.54, 1.807) is 20.4 Å². The van der Waals surface area contributed by atoms with Gasteiger partial charge in [0, 0.05) is 16.8 Å². The molecule has 6 heteroatoms. The quantitative estimate of drug-likeness (QED) is 0.774. The number of amides is 1. The Kier molecular flexibility index (Phi) is 3.36. The Balaban J connectivity index is 2.45. The fourth-order valence-electron chi connectivity index (χ4n) is 2.85. The van der Waals surface area contributed by atoms with Crippen LogP contribution in [0.15, 0.2) is 18.3 Å². The van der Waals surface area contributed by atoms with Crippen molar-refractivity contribution in [3.63, 3.8) is 0 Å². The highest BCUT2D eigenvalue weighted by Gasteiger charge is 2.18. The maximum atomic E-state index is 11.6. The molecule has 0 saturated heterocycles. The molecule has 0 fully saturated rings. The Bertz CT molecular complexity index is 883. The first-order chi connectivity index (χ1) is 10.6. The molecule has 0 atom stereocenters. The van der Waals surface area contributed by atoms with Gasteiger partial charge in [-0.1, -0.05) is 6.92 Å². The van der Waals surface area contributed by atoms with Crippen molar-refractivity contribution in [3.8, 4) is 11.5 Å². The van der Waals surface area contributed by atoms with Gasteiger partial charge in [-0.05, 0) is 18.1 Å². The summed E-state index contributed by atoms with van der Waals surface area (Å²) in [5.41, 5.74) is 8.33. The minimum absolute atomic E-state index is 0.311. The van der Waals surface area contributed by atoms with Gasteiger partial charge in [0.15, 0.2) is 11.5 Å². The predicted molar refractivity (Wildman–Crippen MR) is 84.6 cm³/mol. The summed E-state index contributed by atoms with van der Waals surface area (Å²) in [5, 5.41) is 1.90. The second kappa shape index (κ2) is 5.22. The molecule has 2 heterocycles. The number of hydrogen-bond acceptors (Lipinski definition) is 4. The number of primary amides is 1. The monoisotopic (exact) mass is 299 g/mol. The fraction of sp³-hybridized carbons (Fsp3) is 0.250. The maximum absolute atomic E-state index is 11.6. The number of ether oxygens (including phenoxy) is 2. The van der Waals surface area contributed by atoms with Gasteiger partial charge in [0.25, 0.3) is 5.91 Å². The number of nitrogens with two attached hydrogens (primary N) is 1. The molecule has 2 aromatic heterocycles. The van der Waals surface area contributed by atoms with E-state index in [1.807, 2.05) is 19.1 Å². The van der Waals surface area contributed by atoms with E-state index in [0.29, 0.717) is 23.6 Å². The Hall–Kier alpha value is -2.76. The molecule has 0 aliphatic heterocycles. The molecule has 0 bridgehead atoms. The third-order valence-corrected chi connectivity index (χ3v) is 3.83. The maximum Gasteiger partial charge on any atom is 0.267 e. The average molecular weight is 299 g/mol. The Morgan fingerprint density at radius 1 is 1.23 bits per heavy atom. The highest BCUT2D eigenvalue weighted by Crippen LogP contribution is 2.37. The van der Waals surface area contributed by atoms with Crippen LogP contribution >= 0.6 is 0 Å². The first kappa shape index (κ1) is 14.2. The number of aromatic amines is 1. The lowest BCUT2D eigenvalue weighted by Crippen LogP contribution is -2.15. The van der Waals surface area contributed by atoms with Gasteiger partial charge in [0.1, 0.15) is 5.69 Å². The standard InChI is InChI=1S/C16H17N3O3/c1-4-8-14-9-5-12(21-2)13(22-3)6-10(9)19-11(14)7-18-15(8)16(17)20/h5-7,19H,4H2,1-3H3,(H2,17,20). The van der Waals surface area contributed by atoms with Gasteiger partial charge in [0.2, 0.25) is 0 Å². The zero-order valence-electron chi connectivity index (χ0n) is 12.7. The van der Waals surface area contributed by atoms with Gasteiger partial charge >= 0.3 is 0 Å². The van der Waals surface area contributed by atoms with Gasteiger partial charge in [-0.25, -0.2) is 4.98 Å². The van der Waals surface area contributed by atoms with Gasteiger partial charge in [-0.15, -0.1) is 0 Å². The lowest BCUT2D eigenvalue weighted by Gasteiger charge is -2.08. The fourth-order valence-corrected chi connectivity index (χ4v) is 2.85. The molecule has 3 rings (SSSR count). The van der Waals surface area contributed by atoms with Gasteiger partial charge in [0.05, 0.1) is 31.4 Å². The van der Waals surface area contributed by atoms with Crippen LogP contribution in [0.5, 0.6) is 11.5 Å². The zero-order valence-corrected chi connectivity index (χ0v) is 12.7. The smallest absolute Gasteiger partial charge is 0.267 e. The molecule has 0 saturated carbocycles. The highest BCUT2D eigenvalue weighted by molar-refractivity contribution is 6.12. The number of hydrogen-bond donors (Lipinski definition) is 2. The largest absolute Gasteiger partial charge is 0.493 e. The molecule has 3 aromatic rings.